The van der Waals surface area contributed by atoms with Crippen molar-refractivity contribution in [3.63, 3.8) is 0 Å². The molecule has 0 bridgehead atoms. The van der Waals surface area contributed by atoms with E-state index >= 15 is 0 Å². The molecule has 28 heavy (non-hydrogen) atoms. The van der Waals surface area contributed by atoms with Gasteiger partial charge in [0.1, 0.15) is 0 Å². The first kappa shape index (κ1) is 21.9. The number of benzene rings is 1. The van der Waals surface area contributed by atoms with Crippen molar-refractivity contribution in [1.82, 2.24) is 4.90 Å². The number of aliphatic hydroxyl groups excluding tert-OH is 1. The lowest BCUT2D eigenvalue weighted by Gasteiger charge is -2.39. The zero-order valence-electron chi connectivity index (χ0n) is 17.7. The molecule has 1 saturated carbocycles. The number of halogens is 1. The molecule has 2 aliphatic rings. The van der Waals surface area contributed by atoms with Crippen molar-refractivity contribution in [1.29, 1.82) is 0 Å². The summed E-state index contributed by atoms with van der Waals surface area (Å²) in [6, 6.07) is 8.05. The van der Waals surface area contributed by atoms with E-state index in [-0.39, 0.29) is 0 Å². The monoisotopic (exact) mass is 408 g/mol. The lowest BCUT2D eigenvalue weighted by atomic mass is 9.75. The molecule has 1 aromatic rings. The molecule has 1 N–H and O–H groups in total. The van der Waals surface area contributed by atoms with Gasteiger partial charge in [-0.1, -0.05) is 44.9 Å². The van der Waals surface area contributed by atoms with Crippen molar-refractivity contribution in [3.05, 3.63) is 29.3 Å². The smallest absolute Gasteiger partial charge is 0.0900 e. The van der Waals surface area contributed by atoms with Gasteiger partial charge in [0.25, 0.3) is 0 Å². The van der Waals surface area contributed by atoms with Crippen molar-refractivity contribution >= 4 is 17.3 Å². The molecule has 0 unspecified atom stereocenters. The molecular formula is C23H37ClN2O2. The Morgan fingerprint density at radius 1 is 1.18 bits per heavy atom. The van der Waals surface area contributed by atoms with Crippen LogP contribution in [-0.2, 0) is 4.74 Å². The minimum atomic E-state index is -0.414. The van der Waals surface area contributed by atoms with E-state index in [2.05, 4.69) is 36.6 Å². The van der Waals surface area contributed by atoms with Gasteiger partial charge in [0, 0.05) is 43.4 Å². The van der Waals surface area contributed by atoms with E-state index in [9.17, 15) is 5.11 Å². The van der Waals surface area contributed by atoms with E-state index in [0.29, 0.717) is 31.1 Å². The van der Waals surface area contributed by atoms with Gasteiger partial charge in [-0.2, -0.15) is 0 Å². The van der Waals surface area contributed by atoms with Crippen LogP contribution < -0.4 is 4.90 Å². The fraction of sp³-hybridized carbons (Fsp3) is 0.739. The summed E-state index contributed by atoms with van der Waals surface area (Å²) in [6.07, 6.45) is 3.59. The van der Waals surface area contributed by atoms with Crippen molar-refractivity contribution in [2.45, 2.75) is 52.2 Å². The van der Waals surface area contributed by atoms with E-state index in [1.165, 1.54) is 18.5 Å². The largest absolute Gasteiger partial charge is 0.389 e. The number of anilines is 1. The molecule has 0 amide bonds. The molecule has 3 rings (SSSR count). The predicted molar refractivity (Wildman–Crippen MR) is 117 cm³/mol. The Morgan fingerprint density at radius 3 is 2.61 bits per heavy atom. The fourth-order valence-electron chi connectivity index (χ4n) is 4.75. The van der Waals surface area contributed by atoms with Crippen LogP contribution in [0.4, 0.5) is 5.69 Å². The number of β-amino-alcohol motifs (C(OH)–C–C–N with tert-alkyl or cyclic N) is 1. The van der Waals surface area contributed by atoms with E-state index in [1.807, 2.05) is 18.2 Å². The van der Waals surface area contributed by atoms with Gasteiger partial charge < -0.3 is 14.7 Å². The Labute approximate surface area is 175 Å². The van der Waals surface area contributed by atoms with Gasteiger partial charge in [-0.15, -0.1) is 0 Å². The minimum absolute atomic E-state index is 0.304. The molecule has 4 atom stereocenters. The number of piperazine rings is 1. The SMILES string of the molecule is CC(C)[C@@H]1CC[C@@H](C)C[C@H]1OC[C@H](O)CN1CCN(c2cccc(Cl)c2)CC1. The van der Waals surface area contributed by atoms with Crippen LogP contribution in [0.15, 0.2) is 24.3 Å². The Hall–Kier alpha value is -0.810. The molecule has 0 spiro atoms. The van der Waals surface area contributed by atoms with Gasteiger partial charge in [-0.25, -0.2) is 0 Å². The number of aliphatic hydroxyl groups is 1. The number of hydrogen-bond donors (Lipinski definition) is 1. The lowest BCUT2D eigenvalue weighted by Crippen LogP contribution is -2.49. The highest BCUT2D eigenvalue weighted by Gasteiger charge is 2.32. The molecule has 1 aromatic carbocycles. The first-order valence-electron chi connectivity index (χ1n) is 10.9. The molecule has 1 aliphatic carbocycles. The molecule has 0 radical (unpaired) electrons. The van der Waals surface area contributed by atoms with Crippen LogP contribution in [0, 0.1) is 17.8 Å². The summed E-state index contributed by atoms with van der Waals surface area (Å²) in [5, 5.41) is 11.3. The van der Waals surface area contributed by atoms with Crippen LogP contribution in [0.1, 0.15) is 40.0 Å². The van der Waals surface area contributed by atoms with Gasteiger partial charge in [-0.3, -0.25) is 4.90 Å². The average Bonchev–Trinajstić information content (AvgIpc) is 2.67. The normalized spacial score (nSPS) is 27.9. The zero-order valence-corrected chi connectivity index (χ0v) is 18.4. The molecule has 2 fully saturated rings. The predicted octanol–water partition coefficient (Wildman–Crippen LogP) is 4.30. The van der Waals surface area contributed by atoms with Gasteiger partial charge in [0.2, 0.25) is 0 Å². The fourth-order valence-corrected chi connectivity index (χ4v) is 4.94. The first-order chi connectivity index (χ1) is 13.4. The maximum atomic E-state index is 10.5. The molecule has 1 saturated heterocycles. The highest BCUT2D eigenvalue weighted by molar-refractivity contribution is 6.30. The molecule has 0 aromatic heterocycles. The first-order valence-corrected chi connectivity index (χ1v) is 11.3. The van der Waals surface area contributed by atoms with Crippen LogP contribution in [0.2, 0.25) is 5.02 Å². The van der Waals surface area contributed by atoms with E-state index in [0.717, 1.165) is 43.5 Å². The molecule has 158 valence electrons. The maximum absolute atomic E-state index is 10.5. The third-order valence-electron chi connectivity index (χ3n) is 6.48. The van der Waals surface area contributed by atoms with Gasteiger partial charge in [0.05, 0.1) is 18.8 Å². The van der Waals surface area contributed by atoms with Gasteiger partial charge in [-0.05, 0) is 48.8 Å². The number of hydrogen-bond acceptors (Lipinski definition) is 4. The third kappa shape index (κ3) is 6.09. The summed E-state index contributed by atoms with van der Waals surface area (Å²) < 4.78 is 6.23. The van der Waals surface area contributed by atoms with Crippen LogP contribution >= 0.6 is 11.6 Å². The summed E-state index contributed by atoms with van der Waals surface area (Å²) in [5.74, 6) is 2.01. The summed E-state index contributed by atoms with van der Waals surface area (Å²) in [5.41, 5.74) is 1.18. The van der Waals surface area contributed by atoms with E-state index in [1.54, 1.807) is 0 Å². The Balaban J connectivity index is 1.41. The summed E-state index contributed by atoms with van der Waals surface area (Å²) >= 11 is 6.11. The van der Waals surface area contributed by atoms with Gasteiger partial charge >= 0.3 is 0 Å². The summed E-state index contributed by atoms with van der Waals surface area (Å²) in [7, 11) is 0. The van der Waals surface area contributed by atoms with Crippen LogP contribution in [0.3, 0.4) is 0 Å². The second kappa shape index (κ2) is 10.3. The van der Waals surface area contributed by atoms with Crippen molar-refractivity contribution < 1.29 is 9.84 Å². The van der Waals surface area contributed by atoms with Crippen LogP contribution in [-0.4, -0.2) is 61.5 Å². The number of ether oxygens (including phenoxy) is 1. The number of nitrogens with zero attached hydrogens (tertiary/aromatic N) is 2. The number of rotatable bonds is 7. The lowest BCUT2D eigenvalue weighted by molar-refractivity contribution is -0.0740. The highest BCUT2D eigenvalue weighted by atomic mass is 35.5. The molecule has 1 aliphatic heterocycles. The van der Waals surface area contributed by atoms with Crippen LogP contribution in [0.5, 0.6) is 0 Å². The Morgan fingerprint density at radius 2 is 1.93 bits per heavy atom. The van der Waals surface area contributed by atoms with E-state index < -0.39 is 6.10 Å². The molecule has 4 nitrogen and oxygen atoms in total. The second-order valence-corrected chi connectivity index (χ2v) is 9.56. The zero-order chi connectivity index (χ0) is 20.1. The molecular weight excluding hydrogens is 372 g/mol. The van der Waals surface area contributed by atoms with Gasteiger partial charge in [0.15, 0.2) is 0 Å². The summed E-state index contributed by atoms with van der Waals surface area (Å²) in [4.78, 5) is 4.71. The van der Waals surface area contributed by atoms with Crippen molar-refractivity contribution in [2.24, 2.45) is 17.8 Å². The Bertz CT molecular complexity index is 604. The second-order valence-electron chi connectivity index (χ2n) is 9.12. The quantitative estimate of drug-likeness (QED) is 0.729. The van der Waals surface area contributed by atoms with Crippen molar-refractivity contribution in [2.75, 3.05) is 44.2 Å². The maximum Gasteiger partial charge on any atom is 0.0900 e. The van der Waals surface area contributed by atoms with E-state index in [4.69, 9.17) is 16.3 Å². The standard InChI is InChI=1S/C23H37ClN2O2/c1-17(2)22-8-7-18(3)13-23(22)28-16-21(27)15-25-9-11-26(12-10-25)20-6-4-5-19(24)14-20/h4-6,14,17-18,21-23,27H,7-13,15-16H2,1-3H3/t18-,21-,22+,23-/m1/s1. The molecule has 1 heterocycles. The van der Waals surface area contributed by atoms with Crippen LogP contribution in [0.25, 0.3) is 0 Å². The average molecular weight is 409 g/mol. The van der Waals surface area contributed by atoms with Crippen molar-refractivity contribution in [3.8, 4) is 0 Å². The Kier molecular flexibility index (Phi) is 8.04. The third-order valence-corrected chi connectivity index (χ3v) is 6.71. The summed E-state index contributed by atoms with van der Waals surface area (Å²) in [6.45, 7) is 11.9. The highest BCUT2D eigenvalue weighted by Crippen LogP contribution is 2.35. The topological polar surface area (TPSA) is 35.9 Å². The molecule has 5 heteroatoms. The minimum Gasteiger partial charge on any atom is -0.389 e.